The van der Waals surface area contributed by atoms with Crippen molar-refractivity contribution in [1.29, 1.82) is 0 Å². The third kappa shape index (κ3) is 5.31. The second kappa shape index (κ2) is 10.7. The smallest absolute Gasteiger partial charge is 0.245 e. The number of likely N-dealkylation sites (tertiary alicyclic amines) is 1. The summed E-state index contributed by atoms with van der Waals surface area (Å²) in [5.41, 5.74) is 3.35. The lowest BCUT2D eigenvalue weighted by atomic mass is 10.0. The molecule has 1 aliphatic carbocycles. The molecule has 11 heteroatoms. The molecule has 3 heterocycles. The zero-order chi connectivity index (χ0) is 28.8. The summed E-state index contributed by atoms with van der Waals surface area (Å²) in [6.07, 6.45) is 2.76. The highest BCUT2D eigenvalue weighted by Gasteiger charge is 2.45. The summed E-state index contributed by atoms with van der Waals surface area (Å²) in [7, 11) is 0. The van der Waals surface area contributed by atoms with Crippen molar-refractivity contribution >= 4 is 40.1 Å². The molecule has 0 spiro atoms. The van der Waals surface area contributed by atoms with Crippen LogP contribution in [0.5, 0.6) is 0 Å². The number of benzene rings is 2. The monoisotopic (exact) mass is 574 g/mol. The van der Waals surface area contributed by atoms with Crippen LogP contribution in [0.1, 0.15) is 47.6 Å². The van der Waals surface area contributed by atoms with Gasteiger partial charge in [-0.1, -0.05) is 35.9 Å². The Morgan fingerprint density at radius 2 is 1.83 bits per heavy atom. The number of carbonyl (C=O) groups is 3. The number of alkyl halides is 1. The van der Waals surface area contributed by atoms with Crippen LogP contribution in [0, 0.1) is 6.92 Å². The Balaban J connectivity index is 1.20. The molecule has 4 atom stereocenters. The number of Topliss-reactive ketones (excluding diaryl/α,β-unsaturated/α-hetero) is 1. The van der Waals surface area contributed by atoms with E-state index < -0.39 is 18.1 Å². The molecular formula is C30H28ClFN6O3. The maximum Gasteiger partial charge on any atom is 0.245 e. The van der Waals surface area contributed by atoms with Crippen molar-refractivity contribution in [2.24, 2.45) is 0 Å². The van der Waals surface area contributed by atoms with Crippen molar-refractivity contribution < 1.29 is 18.8 Å². The van der Waals surface area contributed by atoms with Crippen LogP contribution < -0.4 is 5.32 Å². The predicted octanol–water partition coefficient (Wildman–Crippen LogP) is 4.27. The number of hydrogen-bond donors (Lipinski definition) is 1. The fourth-order valence-electron chi connectivity index (χ4n) is 5.56. The Bertz CT molecular complexity index is 1670. The molecule has 2 aromatic carbocycles. The molecule has 9 nitrogen and oxygen atoms in total. The van der Waals surface area contributed by atoms with E-state index in [9.17, 15) is 18.8 Å². The summed E-state index contributed by atoms with van der Waals surface area (Å²) < 4.78 is 16.0. The van der Waals surface area contributed by atoms with Crippen LogP contribution in [-0.4, -0.2) is 67.0 Å². The minimum atomic E-state index is -1.31. The Kier molecular flexibility index (Phi) is 7.03. The van der Waals surface area contributed by atoms with E-state index >= 15 is 0 Å². The van der Waals surface area contributed by atoms with Gasteiger partial charge in [0.05, 0.1) is 12.1 Å². The van der Waals surface area contributed by atoms with Crippen LogP contribution in [0.3, 0.4) is 0 Å². The molecule has 41 heavy (non-hydrogen) atoms. The van der Waals surface area contributed by atoms with Crippen molar-refractivity contribution in [2.75, 3.05) is 6.54 Å². The van der Waals surface area contributed by atoms with Gasteiger partial charge in [0.2, 0.25) is 11.8 Å². The van der Waals surface area contributed by atoms with E-state index in [4.69, 9.17) is 11.6 Å². The number of ketones is 1. The van der Waals surface area contributed by atoms with Gasteiger partial charge in [-0.15, -0.1) is 0 Å². The van der Waals surface area contributed by atoms with Crippen molar-refractivity contribution in [2.45, 2.75) is 57.4 Å². The van der Waals surface area contributed by atoms with Crippen LogP contribution in [0.4, 0.5) is 4.39 Å². The zero-order valence-electron chi connectivity index (χ0n) is 22.6. The molecule has 4 aromatic rings. The fraction of sp³-hybridized carbons (Fsp3) is 0.333. The van der Waals surface area contributed by atoms with E-state index in [2.05, 4.69) is 20.4 Å². The van der Waals surface area contributed by atoms with Gasteiger partial charge in [-0.25, -0.2) is 14.4 Å². The molecule has 2 amide bonds. The van der Waals surface area contributed by atoms with Crippen LogP contribution in [0.25, 0.3) is 22.0 Å². The molecule has 0 radical (unpaired) electrons. The topological polar surface area (TPSA) is 110 Å². The number of aryl methyl sites for hydroxylation is 1. The Labute approximate surface area is 240 Å². The first-order valence-electron chi connectivity index (χ1n) is 13.5. The highest BCUT2D eigenvalue weighted by molar-refractivity contribution is 6.31. The SMILES string of the molecule is CC(=O)c1nn(CC(=O)N2C[C@H](F)C[C@H]2C(=O)NC2CC2c2ccccc2Cl)c2ccc(-c3cnc(C)nc3)cc12. The summed E-state index contributed by atoms with van der Waals surface area (Å²) >= 11 is 6.31. The van der Waals surface area contributed by atoms with Gasteiger partial charge in [-0.2, -0.15) is 5.10 Å². The Morgan fingerprint density at radius 3 is 2.56 bits per heavy atom. The molecule has 1 saturated carbocycles. The maximum absolute atomic E-state index is 14.6. The largest absolute Gasteiger partial charge is 0.351 e. The van der Waals surface area contributed by atoms with Crippen molar-refractivity contribution in [3.05, 3.63) is 77.0 Å². The third-order valence-corrected chi connectivity index (χ3v) is 8.12. The van der Waals surface area contributed by atoms with Crippen LogP contribution in [-0.2, 0) is 16.1 Å². The molecule has 1 aliphatic heterocycles. The lowest BCUT2D eigenvalue weighted by Crippen LogP contribution is -2.47. The number of nitrogens with zero attached hydrogens (tertiary/aromatic N) is 5. The van der Waals surface area contributed by atoms with E-state index in [-0.39, 0.29) is 48.9 Å². The number of hydrogen-bond acceptors (Lipinski definition) is 6. The van der Waals surface area contributed by atoms with Gasteiger partial charge in [-0.3, -0.25) is 19.1 Å². The highest BCUT2D eigenvalue weighted by atomic mass is 35.5. The van der Waals surface area contributed by atoms with E-state index in [1.807, 2.05) is 36.4 Å². The summed E-state index contributed by atoms with van der Waals surface area (Å²) in [4.78, 5) is 48.8. The Morgan fingerprint density at radius 1 is 1.07 bits per heavy atom. The molecule has 2 fully saturated rings. The first-order valence-corrected chi connectivity index (χ1v) is 13.9. The van der Waals surface area contributed by atoms with E-state index in [0.29, 0.717) is 21.7 Å². The van der Waals surface area contributed by atoms with E-state index in [1.165, 1.54) is 16.5 Å². The van der Waals surface area contributed by atoms with Crippen molar-refractivity contribution in [3.8, 4) is 11.1 Å². The number of aromatic nitrogens is 4. The number of rotatable bonds is 7. The molecule has 6 rings (SSSR count). The molecule has 2 aliphatic rings. The lowest BCUT2D eigenvalue weighted by molar-refractivity contribution is -0.139. The van der Waals surface area contributed by atoms with Crippen molar-refractivity contribution in [1.82, 2.24) is 30.0 Å². The lowest BCUT2D eigenvalue weighted by Gasteiger charge is -2.24. The van der Waals surface area contributed by atoms with Crippen LogP contribution in [0.2, 0.25) is 5.02 Å². The zero-order valence-corrected chi connectivity index (χ0v) is 23.3. The number of fused-ring (bicyclic) bond motifs is 1. The van der Waals surface area contributed by atoms with Crippen LogP contribution in [0.15, 0.2) is 54.9 Å². The molecular weight excluding hydrogens is 547 g/mol. The second-order valence-corrected chi connectivity index (χ2v) is 11.1. The van der Waals surface area contributed by atoms with Gasteiger partial charge >= 0.3 is 0 Å². The van der Waals surface area contributed by atoms with E-state index in [1.54, 1.807) is 25.4 Å². The summed E-state index contributed by atoms with van der Waals surface area (Å²) in [6.45, 7) is 2.80. The number of nitrogens with one attached hydrogen (secondary N) is 1. The quantitative estimate of drug-likeness (QED) is 0.330. The average Bonchev–Trinajstić information content (AvgIpc) is 3.43. The van der Waals surface area contributed by atoms with Gasteiger partial charge < -0.3 is 10.2 Å². The fourth-order valence-corrected chi connectivity index (χ4v) is 5.84. The number of amides is 2. The Hall–Kier alpha value is -4.18. The first-order chi connectivity index (χ1) is 19.7. The second-order valence-electron chi connectivity index (χ2n) is 10.7. The number of carbonyl (C=O) groups excluding carboxylic acids is 3. The standard InChI is InChI=1S/C30H28ClFN6O3/c1-16(39)29-23-9-18(19-12-33-17(2)34-13-19)7-8-26(23)38(36-29)15-28(40)37-14-20(32)10-27(37)30(41)35-25-11-22(25)21-5-3-4-6-24(21)31/h3-9,12-13,20,22,25,27H,10-11,14-15H2,1-2H3,(H,35,41)/t20-,22?,25?,27+/m1/s1. The van der Waals surface area contributed by atoms with Gasteiger partial charge in [0.15, 0.2) is 5.78 Å². The summed E-state index contributed by atoms with van der Waals surface area (Å²) in [5.74, 6) is -0.334. The predicted molar refractivity (Wildman–Crippen MR) is 151 cm³/mol. The minimum Gasteiger partial charge on any atom is -0.351 e. The van der Waals surface area contributed by atoms with E-state index in [0.717, 1.165) is 23.1 Å². The molecule has 1 saturated heterocycles. The maximum atomic E-state index is 14.6. The molecule has 1 N–H and O–H groups in total. The molecule has 2 unspecified atom stereocenters. The van der Waals surface area contributed by atoms with Crippen LogP contribution >= 0.6 is 11.6 Å². The van der Waals surface area contributed by atoms with Gasteiger partial charge in [0.1, 0.15) is 30.3 Å². The molecule has 2 aromatic heterocycles. The van der Waals surface area contributed by atoms with Crippen molar-refractivity contribution in [3.63, 3.8) is 0 Å². The molecule has 210 valence electrons. The molecule has 0 bridgehead atoms. The minimum absolute atomic E-state index is 0.0679. The average molecular weight is 575 g/mol. The highest BCUT2D eigenvalue weighted by Crippen LogP contribution is 2.43. The van der Waals surface area contributed by atoms with Gasteiger partial charge in [0.25, 0.3) is 0 Å². The first kappa shape index (κ1) is 27.0. The summed E-state index contributed by atoms with van der Waals surface area (Å²) in [6, 6.07) is 11.9. The normalized spacial score (nSPS) is 21.7. The summed E-state index contributed by atoms with van der Waals surface area (Å²) in [5, 5.41) is 8.64. The van der Waals surface area contributed by atoms with Gasteiger partial charge in [-0.05, 0) is 42.7 Å². The number of halogens is 2. The third-order valence-electron chi connectivity index (χ3n) is 7.78. The van der Waals surface area contributed by atoms with Gasteiger partial charge in [0, 0.05) is 53.7 Å².